The van der Waals surface area contributed by atoms with Gasteiger partial charge in [0.25, 0.3) is 5.91 Å². The van der Waals surface area contributed by atoms with E-state index in [0.29, 0.717) is 11.3 Å². The lowest BCUT2D eigenvalue weighted by atomic mass is 10.1. The van der Waals surface area contributed by atoms with Gasteiger partial charge in [-0.1, -0.05) is 6.07 Å². The molecule has 1 N–H and O–H groups in total. The van der Waals surface area contributed by atoms with E-state index in [1.54, 1.807) is 31.2 Å². The van der Waals surface area contributed by atoms with Crippen LogP contribution in [0.15, 0.2) is 46.7 Å². The molecule has 3 rings (SSSR count). The summed E-state index contributed by atoms with van der Waals surface area (Å²) in [5.41, 5.74) is 0.829. The molecule has 9 heteroatoms. The number of halogens is 2. The zero-order chi connectivity index (χ0) is 19.4. The van der Waals surface area contributed by atoms with Crippen LogP contribution in [0.4, 0.5) is 8.78 Å². The largest absolute Gasteiger partial charge is 0.490 e. The highest BCUT2D eigenvalue weighted by Crippen LogP contribution is 2.31. The second-order valence-electron chi connectivity index (χ2n) is 5.48. The molecule has 142 valence electrons. The van der Waals surface area contributed by atoms with Gasteiger partial charge in [-0.15, -0.1) is 0 Å². The molecule has 0 atom stereocenters. The van der Waals surface area contributed by atoms with E-state index < -0.39 is 6.61 Å². The first-order chi connectivity index (χ1) is 13.0. The Hall–Kier alpha value is -2.94. The predicted molar refractivity (Wildman–Crippen MR) is 97.2 cm³/mol. The minimum absolute atomic E-state index is 0.0744. The van der Waals surface area contributed by atoms with Crippen molar-refractivity contribution < 1.29 is 27.5 Å². The zero-order valence-corrected chi connectivity index (χ0v) is 15.1. The van der Waals surface area contributed by atoms with Crippen molar-refractivity contribution >= 4 is 29.3 Å². The molecule has 0 aliphatic carbocycles. The molecular weight excluding hydrogens is 378 g/mol. The molecule has 1 amide bonds. The van der Waals surface area contributed by atoms with Crippen LogP contribution >= 0.6 is 12.2 Å². The first-order valence-electron chi connectivity index (χ1n) is 8.06. The third kappa shape index (κ3) is 4.43. The first kappa shape index (κ1) is 18.8. The maximum Gasteiger partial charge on any atom is 0.387 e. The Kier molecular flexibility index (Phi) is 5.70. The summed E-state index contributed by atoms with van der Waals surface area (Å²) in [4.78, 5) is 14.0. The van der Waals surface area contributed by atoms with Crippen LogP contribution in [0.1, 0.15) is 18.2 Å². The average molecular weight is 394 g/mol. The molecule has 0 bridgehead atoms. The van der Waals surface area contributed by atoms with E-state index >= 15 is 0 Å². The van der Waals surface area contributed by atoms with Gasteiger partial charge in [0, 0.05) is 0 Å². The number of furan rings is 1. The standard InChI is InChI=1S/C18H16F2N2O4S/c1-2-24-15-9-11(5-6-14(15)26-17(19)20)8-13-16(23)22(18(27)21-13)10-12-4-3-7-25-12/h3-9,17H,2,10H2,1H3,(H,21,27)/b13-8+. The number of carbonyl (C=O) groups excluding carboxylic acids is 1. The third-order valence-corrected chi connectivity index (χ3v) is 3.97. The van der Waals surface area contributed by atoms with Crippen molar-refractivity contribution in [2.24, 2.45) is 0 Å². The molecule has 0 spiro atoms. The van der Waals surface area contributed by atoms with E-state index in [1.165, 1.54) is 23.3 Å². The second-order valence-corrected chi connectivity index (χ2v) is 5.86. The lowest BCUT2D eigenvalue weighted by Crippen LogP contribution is -2.29. The number of ether oxygens (including phenoxy) is 2. The number of thiocarbonyl (C=S) groups is 1. The van der Waals surface area contributed by atoms with Crippen LogP contribution in [0.25, 0.3) is 6.08 Å². The summed E-state index contributed by atoms with van der Waals surface area (Å²) in [7, 11) is 0. The van der Waals surface area contributed by atoms with Gasteiger partial charge in [0.15, 0.2) is 16.6 Å². The topological polar surface area (TPSA) is 63.9 Å². The third-order valence-electron chi connectivity index (χ3n) is 3.65. The maximum atomic E-state index is 12.6. The van der Waals surface area contributed by atoms with E-state index in [4.69, 9.17) is 21.4 Å². The SMILES string of the molecule is CCOc1cc(/C=C2/NC(=S)N(Cc3ccco3)C2=O)ccc1OC(F)F. The van der Waals surface area contributed by atoms with Crippen molar-refractivity contribution in [2.45, 2.75) is 20.1 Å². The molecule has 27 heavy (non-hydrogen) atoms. The number of amides is 1. The van der Waals surface area contributed by atoms with E-state index in [2.05, 4.69) is 10.1 Å². The van der Waals surface area contributed by atoms with Crippen LogP contribution in [0.5, 0.6) is 11.5 Å². The van der Waals surface area contributed by atoms with Crippen molar-refractivity contribution in [3.8, 4) is 11.5 Å². The summed E-state index contributed by atoms with van der Waals surface area (Å²) in [6.45, 7) is -0.748. The molecule has 0 unspecified atom stereocenters. The van der Waals surface area contributed by atoms with Crippen molar-refractivity contribution in [1.29, 1.82) is 0 Å². The molecule has 1 fully saturated rings. The Bertz CT molecular complexity index is 868. The molecule has 2 aromatic rings. The molecule has 1 aromatic carbocycles. The number of benzene rings is 1. The number of carbonyl (C=O) groups is 1. The number of rotatable bonds is 7. The van der Waals surface area contributed by atoms with Crippen molar-refractivity contribution in [3.63, 3.8) is 0 Å². The Morgan fingerprint density at radius 2 is 2.15 bits per heavy atom. The van der Waals surface area contributed by atoms with Crippen LogP contribution in [0.3, 0.4) is 0 Å². The zero-order valence-electron chi connectivity index (χ0n) is 14.3. The first-order valence-corrected chi connectivity index (χ1v) is 8.47. The number of alkyl halides is 2. The Morgan fingerprint density at radius 1 is 1.33 bits per heavy atom. The van der Waals surface area contributed by atoms with Gasteiger partial charge >= 0.3 is 6.61 Å². The van der Waals surface area contributed by atoms with Crippen molar-refractivity contribution in [2.75, 3.05) is 6.61 Å². The number of nitrogens with zero attached hydrogens (tertiary/aromatic N) is 1. The monoisotopic (exact) mass is 394 g/mol. The van der Waals surface area contributed by atoms with E-state index in [9.17, 15) is 13.6 Å². The summed E-state index contributed by atoms with van der Waals surface area (Å²) >= 11 is 5.20. The van der Waals surface area contributed by atoms with Gasteiger partial charge < -0.3 is 19.2 Å². The predicted octanol–water partition coefficient (Wildman–Crippen LogP) is 3.54. The van der Waals surface area contributed by atoms with E-state index in [1.807, 2.05) is 0 Å². The summed E-state index contributed by atoms with van der Waals surface area (Å²) in [6.07, 6.45) is 3.08. The fraction of sp³-hybridized carbons (Fsp3) is 0.222. The molecule has 1 aromatic heterocycles. The van der Waals surface area contributed by atoms with Gasteiger partial charge in [0.2, 0.25) is 0 Å². The van der Waals surface area contributed by atoms with Gasteiger partial charge in [-0.3, -0.25) is 9.69 Å². The van der Waals surface area contributed by atoms with Crippen LogP contribution in [-0.4, -0.2) is 29.1 Å². The fourth-order valence-electron chi connectivity index (χ4n) is 2.52. The maximum absolute atomic E-state index is 12.6. The summed E-state index contributed by atoms with van der Waals surface area (Å²) in [5.74, 6) is 0.366. The van der Waals surface area contributed by atoms with Crippen LogP contribution in [0, 0.1) is 0 Å². The second kappa shape index (κ2) is 8.17. The summed E-state index contributed by atoms with van der Waals surface area (Å²) in [5, 5.41) is 3.10. The van der Waals surface area contributed by atoms with Crippen LogP contribution in [0.2, 0.25) is 0 Å². The fourth-order valence-corrected chi connectivity index (χ4v) is 2.77. The number of hydrogen-bond acceptors (Lipinski definition) is 5. The highest BCUT2D eigenvalue weighted by Gasteiger charge is 2.31. The highest BCUT2D eigenvalue weighted by atomic mass is 32.1. The Morgan fingerprint density at radius 3 is 2.81 bits per heavy atom. The minimum Gasteiger partial charge on any atom is -0.490 e. The minimum atomic E-state index is -2.96. The van der Waals surface area contributed by atoms with Crippen LogP contribution < -0.4 is 14.8 Å². The van der Waals surface area contributed by atoms with E-state index in [0.717, 1.165) is 0 Å². The lowest BCUT2D eigenvalue weighted by Gasteiger charge is -2.12. The quantitative estimate of drug-likeness (QED) is 0.573. The number of hydrogen-bond donors (Lipinski definition) is 1. The van der Waals surface area contributed by atoms with Gasteiger partial charge in [-0.25, -0.2) is 0 Å². The average Bonchev–Trinajstić information content (AvgIpc) is 3.21. The number of nitrogens with one attached hydrogen (secondary N) is 1. The Balaban J connectivity index is 1.82. The lowest BCUT2D eigenvalue weighted by molar-refractivity contribution is -0.122. The van der Waals surface area contributed by atoms with Gasteiger partial charge in [0.05, 0.1) is 19.4 Å². The van der Waals surface area contributed by atoms with Crippen molar-refractivity contribution in [3.05, 3.63) is 53.6 Å². The molecule has 1 aliphatic rings. The van der Waals surface area contributed by atoms with Crippen molar-refractivity contribution in [1.82, 2.24) is 10.2 Å². The summed E-state index contributed by atoms with van der Waals surface area (Å²) in [6, 6.07) is 7.89. The molecule has 1 aliphatic heterocycles. The molecule has 0 radical (unpaired) electrons. The highest BCUT2D eigenvalue weighted by molar-refractivity contribution is 7.80. The normalized spacial score (nSPS) is 15.6. The van der Waals surface area contributed by atoms with Crippen LogP contribution in [-0.2, 0) is 11.3 Å². The van der Waals surface area contributed by atoms with Gasteiger partial charge in [-0.05, 0) is 55.0 Å². The molecule has 0 saturated carbocycles. The smallest absolute Gasteiger partial charge is 0.387 e. The Labute approximate surface area is 159 Å². The van der Waals surface area contributed by atoms with Gasteiger partial charge in [0.1, 0.15) is 11.5 Å². The van der Waals surface area contributed by atoms with E-state index in [-0.39, 0.29) is 41.4 Å². The molecular formula is C18H16F2N2O4S. The molecule has 2 heterocycles. The van der Waals surface area contributed by atoms with Gasteiger partial charge in [-0.2, -0.15) is 8.78 Å². The molecule has 6 nitrogen and oxygen atoms in total. The molecule has 1 saturated heterocycles. The summed E-state index contributed by atoms with van der Waals surface area (Å²) < 4.78 is 40.0.